The Morgan fingerprint density at radius 2 is 1.79 bits per heavy atom. The van der Waals surface area contributed by atoms with Crippen molar-refractivity contribution in [2.24, 2.45) is 0 Å². The van der Waals surface area contributed by atoms with Gasteiger partial charge in [-0.3, -0.25) is 9.69 Å². The average molecular weight is 419 g/mol. The Morgan fingerprint density at radius 1 is 1.03 bits per heavy atom. The highest BCUT2D eigenvalue weighted by Gasteiger charge is 2.26. The van der Waals surface area contributed by atoms with Crippen molar-refractivity contribution in [1.29, 1.82) is 0 Å². The van der Waals surface area contributed by atoms with Crippen molar-refractivity contribution < 1.29 is 19.0 Å². The maximum atomic E-state index is 12.7. The molecule has 1 N–H and O–H groups in total. The first-order valence-corrected chi connectivity index (χ1v) is 10.0. The molecule has 6 nitrogen and oxygen atoms in total. The predicted molar refractivity (Wildman–Crippen MR) is 114 cm³/mol. The van der Waals surface area contributed by atoms with E-state index in [0.29, 0.717) is 34.5 Å². The quantitative estimate of drug-likeness (QED) is 0.715. The summed E-state index contributed by atoms with van der Waals surface area (Å²) < 4.78 is 16.0. The number of benzene rings is 2. The van der Waals surface area contributed by atoms with E-state index in [2.05, 4.69) is 10.2 Å². The molecule has 29 heavy (non-hydrogen) atoms. The first-order chi connectivity index (χ1) is 14.0. The van der Waals surface area contributed by atoms with Crippen molar-refractivity contribution in [2.75, 3.05) is 39.7 Å². The molecule has 3 rings (SSSR count). The highest BCUT2D eigenvalue weighted by Crippen LogP contribution is 2.36. The third-order valence-electron chi connectivity index (χ3n) is 5.19. The molecule has 1 fully saturated rings. The van der Waals surface area contributed by atoms with Gasteiger partial charge in [0.1, 0.15) is 5.75 Å². The van der Waals surface area contributed by atoms with Crippen molar-refractivity contribution in [3.05, 3.63) is 47.0 Å². The number of amides is 1. The lowest BCUT2D eigenvalue weighted by Gasteiger charge is -2.35. The van der Waals surface area contributed by atoms with E-state index >= 15 is 0 Å². The molecule has 156 valence electrons. The van der Waals surface area contributed by atoms with Crippen molar-refractivity contribution in [2.45, 2.75) is 25.3 Å². The summed E-state index contributed by atoms with van der Waals surface area (Å²) in [6.07, 6.45) is 3.20. The van der Waals surface area contributed by atoms with E-state index < -0.39 is 0 Å². The molecular weight excluding hydrogens is 392 g/mol. The number of nitrogens with one attached hydrogen (secondary N) is 1. The molecule has 7 heteroatoms. The van der Waals surface area contributed by atoms with Gasteiger partial charge < -0.3 is 19.5 Å². The lowest BCUT2D eigenvalue weighted by molar-refractivity contribution is -0.118. The molecule has 1 aliphatic rings. The number of anilines is 1. The zero-order chi connectivity index (χ0) is 20.8. The van der Waals surface area contributed by atoms with Gasteiger partial charge in [0.25, 0.3) is 0 Å². The number of likely N-dealkylation sites (tertiary alicyclic amines) is 1. The first-order valence-electron chi connectivity index (χ1n) is 9.65. The smallest absolute Gasteiger partial charge is 0.238 e. The highest BCUT2D eigenvalue weighted by molar-refractivity contribution is 6.32. The molecule has 1 aliphatic heterocycles. The molecule has 1 heterocycles. The van der Waals surface area contributed by atoms with Crippen LogP contribution in [-0.2, 0) is 4.79 Å². The molecule has 2 aromatic rings. The molecule has 0 spiro atoms. The van der Waals surface area contributed by atoms with Gasteiger partial charge in [-0.1, -0.05) is 24.1 Å². The van der Waals surface area contributed by atoms with E-state index in [4.69, 9.17) is 25.8 Å². The second-order valence-electron chi connectivity index (χ2n) is 6.99. The van der Waals surface area contributed by atoms with E-state index in [9.17, 15) is 4.79 Å². The Hall–Kier alpha value is -2.44. The van der Waals surface area contributed by atoms with Crippen LogP contribution >= 0.6 is 11.6 Å². The first kappa shape index (κ1) is 21.3. The fourth-order valence-corrected chi connectivity index (χ4v) is 3.94. The third kappa shape index (κ3) is 5.14. The molecule has 1 saturated heterocycles. The standard InChI is InChI=1S/C22H27ClN2O4/c1-27-19-10-7-15(12-21(19)29-3)18-6-4-5-11-25(18)14-22(26)24-16-8-9-17(23)20(13-16)28-2/h7-10,12-13,18H,4-6,11,14H2,1-3H3,(H,24,26). The molecule has 1 atom stereocenters. The molecule has 2 aromatic carbocycles. The minimum atomic E-state index is -0.0678. The number of ether oxygens (including phenoxy) is 3. The number of halogens is 1. The average Bonchev–Trinajstić information content (AvgIpc) is 2.75. The van der Waals surface area contributed by atoms with E-state index in [-0.39, 0.29) is 11.9 Å². The van der Waals surface area contributed by atoms with Gasteiger partial charge in [0.2, 0.25) is 5.91 Å². The van der Waals surface area contributed by atoms with Crippen molar-refractivity contribution in [3.8, 4) is 17.2 Å². The molecule has 1 unspecified atom stereocenters. The summed E-state index contributed by atoms with van der Waals surface area (Å²) in [5.74, 6) is 1.87. The number of methoxy groups -OCH3 is 3. The monoisotopic (exact) mass is 418 g/mol. The van der Waals surface area contributed by atoms with E-state index in [1.807, 2.05) is 18.2 Å². The van der Waals surface area contributed by atoms with Crippen molar-refractivity contribution >= 4 is 23.2 Å². The van der Waals surface area contributed by atoms with Gasteiger partial charge in [0.15, 0.2) is 11.5 Å². The van der Waals surface area contributed by atoms with Crippen LogP contribution in [0, 0.1) is 0 Å². The van der Waals surface area contributed by atoms with Crippen LogP contribution in [0.25, 0.3) is 0 Å². The summed E-state index contributed by atoms with van der Waals surface area (Å²) in [5.41, 5.74) is 1.79. The van der Waals surface area contributed by atoms with Gasteiger partial charge in [-0.25, -0.2) is 0 Å². The molecule has 0 saturated carbocycles. The van der Waals surface area contributed by atoms with E-state index in [1.165, 1.54) is 0 Å². The molecule has 0 aliphatic carbocycles. The van der Waals surface area contributed by atoms with Crippen LogP contribution < -0.4 is 19.5 Å². The second kappa shape index (κ2) is 9.85. The van der Waals surface area contributed by atoms with Gasteiger partial charge >= 0.3 is 0 Å². The summed E-state index contributed by atoms with van der Waals surface area (Å²) >= 11 is 6.06. The van der Waals surface area contributed by atoms with Crippen LogP contribution in [0.4, 0.5) is 5.69 Å². The third-order valence-corrected chi connectivity index (χ3v) is 5.50. The molecule has 0 aromatic heterocycles. The van der Waals surface area contributed by atoms with Crippen LogP contribution in [-0.4, -0.2) is 45.2 Å². The minimum absolute atomic E-state index is 0.0678. The lowest BCUT2D eigenvalue weighted by Crippen LogP contribution is -2.39. The number of nitrogens with zero attached hydrogens (tertiary/aromatic N) is 1. The second-order valence-corrected chi connectivity index (χ2v) is 7.40. The number of hydrogen-bond donors (Lipinski definition) is 1. The van der Waals surface area contributed by atoms with Crippen LogP contribution in [0.2, 0.25) is 5.02 Å². The Bertz CT molecular complexity index is 859. The van der Waals surface area contributed by atoms with E-state index in [0.717, 1.165) is 31.4 Å². The SMILES string of the molecule is COc1cc(NC(=O)CN2CCCCC2c2ccc(OC)c(OC)c2)ccc1Cl. The summed E-state index contributed by atoms with van der Waals surface area (Å²) in [6.45, 7) is 1.18. The summed E-state index contributed by atoms with van der Waals surface area (Å²) in [5, 5.41) is 3.45. The zero-order valence-electron chi connectivity index (χ0n) is 17.0. The Labute approximate surface area is 176 Å². The molecular formula is C22H27ClN2O4. The minimum Gasteiger partial charge on any atom is -0.495 e. The highest BCUT2D eigenvalue weighted by atomic mass is 35.5. The zero-order valence-corrected chi connectivity index (χ0v) is 17.8. The van der Waals surface area contributed by atoms with Crippen LogP contribution in [0.5, 0.6) is 17.2 Å². The molecule has 0 radical (unpaired) electrons. The molecule has 1 amide bonds. The lowest BCUT2D eigenvalue weighted by atomic mass is 9.95. The van der Waals surface area contributed by atoms with E-state index in [1.54, 1.807) is 39.5 Å². The van der Waals surface area contributed by atoms with Gasteiger partial charge in [-0.05, 0) is 49.2 Å². The number of carbonyl (C=O) groups is 1. The summed E-state index contributed by atoms with van der Waals surface area (Å²) in [7, 11) is 4.81. The largest absolute Gasteiger partial charge is 0.495 e. The number of hydrogen-bond acceptors (Lipinski definition) is 5. The number of carbonyl (C=O) groups excluding carboxylic acids is 1. The van der Waals surface area contributed by atoms with Crippen LogP contribution in [0.3, 0.4) is 0 Å². The van der Waals surface area contributed by atoms with Crippen molar-refractivity contribution in [1.82, 2.24) is 4.90 Å². The maximum absolute atomic E-state index is 12.7. The molecule has 0 bridgehead atoms. The number of piperidine rings is 1. The predicted octanol–water partition coefficient (Wildman–Crippen LogP) is 4.53. The van der Waals surface area contributed by atoms with Gasteiger partial charge in [0.05, 0.1) is 32.9 Å². The van der Waals surface area contributed by atoms with Crippen LogP contribution in [0.15, 0.2) is 36.4 Å². The Kier molecular flexibility index (Phi) is 7.23. The van der Waals surface area contributed by atoms with Gasteiger partial charge in [-0.15, -0.1) is 0 Å². The van der Waals surface area contributed by atoms with Gasteiger partial charge in [0, 0.05) is 17.8 Å². The van der Waals surface area contributed by atoms with Crippen molar-refractivity contribution in [3.63, 3.8) is 0 Å². The number of rotatable bonds is 7. The van der Waals surface area contributed by atoms with Gasteiger partial charge in [-0.2, -0.15) is 0 Å². The van der Waals surface area contributed by atoms with Crippen LogP contribution in [0.1, 0.15) is 30.9 Å². The normalized spacial score (nSPS) is 16.9. The Balaban J connectivity index is 1.72. The fourth-order valence-electron chi connectivity index (χ4n) is 3.74. The topological polar surface area (TPSA) is 60.0 Å². The maximum Gasteiger partial charge on any atom is 0.238 e. The summed E-state index contributed by atoms with van der Waals surface area (Å²) in [6, 6.07) is 11.3. The fraction of sp³-hybridized carbons (Fsp3) is 0.409. The summed E-state index contributed by atoms with van der Waals surface area (Å²) in [4.78, 5) is 14.9. The Morgan fingerprint density at radius 3 is 2.52 bits per heavy atom.